The molecule has 0 radical (unpaired) electrons. The lowest BCUT2D eigenvalue weighted by Gasteiger charge is -2.40. The van der Waals surface area contributed by atoms with E-state index in [9.17, 15) is 0 Å². The normalized spacial score (nSPS) is 22.7. The van der Waals surface area contributed by atoms with E-state index in [-0.39, 0.29) is 5.60 Å². The van der Waals surface area contributed by atoms with Crippen LogP contribution in [0, 0.1) is 0 Å². The van der Waals surface area contributed by atoms with Crippen LogP contribution in [0.15, 0.2) is 0 Å². The third-order valence-corrected chi connectivity index (χ3v) is 3.94. The lowest BCUT2D eigenvalue weighted by atomic mass is 9.83. The molecule has 0 saturated heterocycles. The monoisotopic (exact) mass is 227 g/mol. The highest BCUT2D eigenvalue weighted by molar-refractivity contribution is 4.93. The van der Waals surface area contributed by atoms with E-state index in [1.165, 1.54) is 51.4 Å². The number of nitrogens with one attached hydrogen (secondary N) is 1. The number of ether oxygens (including phenoxy) is 1. The van der Waals surface area contributed by atoms with Gasteiger partial charge in [-0.1, -0.05) is 39.0 Å². The molecule has 0 aromatic heterocycles. The number of likely N-dealkylation sites (N-methyl/N-ethyl adjacent to an activating group) is 1. The molecule has 2 heteroatoms. The van der Waals surface area contributed by atoms with Crippen LogP contribution in [0.3, 0.4) is 0 Å². The molecule has 1 aliphatic carbocycles. The van der Waals surface area contributed by atoms with Gasteiger partial charge in [0.2, 0.25) is 0 Å². The second kappa shape index (κ2) is 7.29. The van der Waals surface area contributed by atoms with E-state index in [1.54, 1.807) is 0 Å². The van der Waals surface area contributed by atoms with Gasteiger partial charge in [-0.05, 0) is 33.2 Å². The summed E-state index contributed by atoms with van der Waals surface area (Å²) in [5.74, 6) is 0. The van der Waals surface area contributed by atoms with Gasteiger partial charge in [-0.15, -0.1) is 0 Å². The minimum Gasteiger partial charge on any atom is -0.374 e. The second-order valence-electron chi connectivity index (χ2n) is 5.04. The maximum atomic E-state index is 6.19. The third kappa shape index (κ3) is 3.46. The first-order valence-corrected chi connectivity index (χ1v) is 7.10. The Kier molecular flexibility index (Phi) is 6.37. The molecule has 2 nitrogen and oxygen atoms in total. The van der Waals surface area contributed by atoms with Gasteiger partial charge in [0.25, 0.3) is 0 Å². The van der Waals surface area contributed by atoms with Crippen LogP contribution in [0.25, 0.3) is 0 Å². The molecule has 0 amide bonds. The van der Waals surface area contributed by atoms with Crippen molar-refractivity contribution < 1.29 is 4.74 Å². The highest BCUT2D eigenvalue weighted by atomic mass is 16.5. The van der Waals surface area contributed by atoms with Crippen LogP contribution in [-0.2, 0) is 4.74 Å². The Morgan fingerprint density at radius 1 is 1.12 bits per heavy atom. The zero-order valence-corrected chi connectivity index (χ0v) is 11.3. The van der Waals surface area contributed by atoms with E-state index in [0.29, 0.717) is 6.04 Å². The van der Waals surface area contributed by atoms with Crippen molar-refractivity contribution in [3.63, 3.8) is 0 Å². The molecular formula is C14H29NO. The highest BCUT2D eigenvalue weighted by Crippen LogP contribution is 2.35. The highest BCUT2D eigenvalue weighted by Gasteiger charge is 2.38. The van der Waals surface area contributed by atoms with Gasteiger partial charge < -0.3 is 10.1 Å². The lowest BCUT2D eigenvalue weighted by molar-refractivity contribution is -0.0771. The molecule has 0 aromatic rings. The van der Waals surface area contributed by atoms with Crippen LogP contribution in [0.5, 0.6) is 0 Å². The number of hydrogen-bond acceptors (Lipinski definition) is 2. The van der Waals surface area contributed by atoms with Gasteiger partial charge in [0, 0.05) is 12.6 Å². The number of rotatable bonds is 6. The lowest BCUT2D eigenvalue weighted by Crippen LogP contribution is -2.51. The fraction of sp³-hybridized carbons (Fsp3) is 1.00. The summed E-state index contributed by atoms with van der Waals surface area (Å²) in [6.07, 6.45) is 10.4. The first-order valence-electron chi connectivity index (χ1n) is 7.10. The third-order valence-electron chi connectivity index (χ3n) is 3.94. The molecule has 1 unspecified atom stereocenters. The fourth-order valence-corrected chi connectivity index (χ4v) is 3.17. The molecule has 1 N–H and O–H groups in total. The molecule has 1 rings (SSSR count). The second-order valence-corrected chi connectivity index (χ2v) is 5.04. The van der Waals surface area contributed by atoms with Gasteiger partial charge in [0.15, 0.2) is 0 Å². The van der Waals surface area contributed by atoms with Gasteiger partial charge >= 0.3 is 0 Å². The summed E-state index contributed by atoms with van der Waals surface area (Å²) in [6.45, 7) is 5.24. The Bertz CT molecular complexity index is 174. The first-order chi connectivity index (χ1) is 7.79. The molecule has 96 valence electrons. The molecule has 0 aliphatic heterocycles. The zero-order chi connectivity index (χ0) is 11.9. The summed E-state index contributed by atoms with van der Waals surface area (Å²) >= 11 is 0. The topological polar surface area (TPSA) is 21.3 Å². The van der Waals surface area contributed by atoms with E-state index in [2.05, 4.69) is 26.2 Å². The molecule has 1 saturated carbocycles. The molecule has 1 fully saturated rings. The Morgan fingerprint density at radius 3 is 2.19 bits per heavy atom. The molecular weight excluding hydrogens is 198 g/mol. The quantitative estimate of drug-likeness (QED) is 0.701. The van der Waals surface area contributed by atoms with Crippen LogP contribution in [0.1, 0.15) is 65.2 Å². The van der Waals surface area contributed by atoms with Gasteiger partial charge in [-0.2, -0.15) is 0 Å². The average Bonchev–Trinajstić information content (AvgIpc) is 2.53. The molecule has 0 heterocycles. The van der Waals surface area contributed by atoms with E-state index in [0.717, 1.165) is 6.61 Å². The minimum atomic E-state index is 0.121. The molecule has 1 aliphatic rings. The summed E-state index contributed by atoms with van der Waals surface area (Å²) in [5.41, 5.74) is 0.121. The Balaban J connectivity index is 2.73. The largest absolute Gasteiger partial charge is 0.374 e. The summed E-state index contributed by atoms with van der Waals surface area (Å²) in [4.78, 5) is 0. The van der Waals surface area contributed by atoms with Crippen LogP contribution >= 0.6 is 0 Å². The fourth-order valence-electron chi connectivity index (χ4n) is 3.17. The average molecular weight is 227 g/mol. The van der Waals surface area contributed by atoms with Crippen LogP contribution in [0.4, 0.5) is 0 Å². The van der Waals surface area contributed by atoms with Crippen molar-refractivity contribution >= 4 is 0 Å². The molecule has 0 spiro atoms. The van der Waals surface area contributed by atoms with Crippen molar-refractivity contribution in [2.45, 2.75) is 76.9 Å². The summed E-state index contributed by atoms with van der Waals surface area (Å²) in [7, 11) is 2.09. The molecule has 0 bridgehead atoms. The van der Waals surface area contributed by atoms with Gasteiger partial charge in [0.05, 0.1) is 5.60 Å². The van der Waals surface area contributed by atoms with Crippen molar-refractivity contribution in [3.8, 4) is 0 Å². The predicted octanol–water partition coefficient (Wildman–Crippen LogP) is 3.50. The van der Waals surface area contributed by atoms with E-state index in [1.807, 2.05) is 0 Å². The van der Waals surface area contributed by atoms with Gasteiger partial charge in [-0.25, -0.2) is 0 Å². The maximum Gasteiger partial charge on any atom is 0.0834 e. The SMILES string of the molecule is CCCC(NC)C1(OCC)CCCCCC1. The van der Waals surface area contributed by atoms with Crippen LogP contribution in [-0.4, -0.2) is 25.3 Å². The summed E-state index contributed by atoms with van der Waals surface area (Å²) in [5, 5.41) is 3.50. The van der Waals surface area contributed by atoms with Gasteiger partial charge in [0.1, 0.15) is 0 Å². The summed E-state index contributed by atoms with van der Waals surface area (Å²) < 4.78 is 6.19. The van der Waals surface area contributed by atoms with Crippen molar-refractivity contribution in [1.29, 1.82) is 0 Å². The van der Waals surface area contributed by atoms with Crippen molar-refractivity contribution in [1.82, 2.24) is 5.32 Å². The van der Waals surface area contributed by atoms with Crippen molar-refractivity contribution in [3.05, 3.63) is 0 Å². The first kappa shape index (κ1) is 14.0. The van der Waals surface area contributed by atoms with E-state index in [4.69, 9.17) is 4.74 Å². The van der Waals surface area contributed by atoms with Crippen LogP contribution < -0.4 is 5.32 Å². The summed E-state index contributed by atoms with van der Waals surface area (Å²) in [6, 6.07) is 0.538. The van der Waals surface area contributed by atoms with E-state index >= 15 is 0 Å². The predicted molar refractivity (Wildman–Crippen MR) is 69.8 cm³/mol. The molecule has 0 aromatic carbocycles. The van der Waals surface area contributed by atoms with Crippen molar-refractivity contribution in [2.75, 3.05) is 13.7 Å². The van der Waals surface area contributed by atoms with Crippen molar-refractivity contribution in [2.24, 2.45) is 0 Å². The Labute approximate surface area is 101 Å². The minimum absolute atomic E-state index is 0.121. The number of hydrogen-bond donors (Lipinski definition) is 1. The standard InChI is InChI=1S/C14H29NO/c1-4-10-13(15-3)14(16-5-2)11-8-6-7-9-12-14/h13,15H,4-12H2,1-3H3. The Hall–Kier alpha value is -0.0800. The van der Waals surface area contributed by atoms with Crippen LogP contribution in [0.2, 0.25) is 0 Å². The smallest absolute Gasteiger partial charge is 0.0834 e. The van der Waals surface area contributed by atoms with Gasteiger partial charge in [-0.3, -0.25) is 0 Å². The van der Waals surface area contributed by atoms with E-state index < -0.39 is 0 Å². The maximum absolute atomic E-state index is 6.19. The molecule has 16 heavy (non-hydrogen) atoms. The molecule has 1 atom stereocenters. The Morgan fingerprint density at radius 2 is 1.75 bits per heavy atom. The zero-order valence-electron chi connectivity index (χ0n) is 11.3.